The first kappa shape index (κ1) is 19.9. The van der Waals surface area contributed by atoms with Gasteiger partial charge in [0.2, 0.25) is 0 Å². The van der Waals surface area contributed by atoms with E-state index in [1.165, 1.54) is 7.11 Å². The maximum Gasteiger partial charge on any atom is 0.340 e. The van der Waals surface area contributed by atoms with Crippen molar-refractivity contribution >= 4 is 17.9 Å². The van der Waals surface area contributed by atoms with Crippen molar-refractivity contribution in [2.24, 2.45) is 5.92 Å². The number of fused-ring (bicyclic) bond motifs is 1. The van der Waals surface area contributed by atoms with Gasteiger partial charge in [0.05, 0.1) is 12.7 Å². The minimum atomic E-state index is -1.38. The van der Waals surface area contributed by atoms with E-state index in [1.807, 2.05) is 0 Å². The minimum absolute atomic E-state index is 0.0347. The van der Waals surface area contributed by atoms with Gasteiger partial charge in [0, 0.05) is 16.7 Å². The number of carboxylic acid groups (broad SMARTS) is 1. The van der Waals surface area contributed by atoms with E-state index in [0.717, 1.165) is 32.1 Å². The number of rotatable bonds is 5. The van der Waals surface area contributed by atoms with E-state index in [9.17, 15) is 19.5 Å². The van der Waals surface area contributed by atoms with Gasteiger partial charge in [-0.1, -0.05) is 25.3 Å². The molecule has 0 aromatic heterocycles. The van der Waals surface area contributed by atoms with E-state index in [4.69, 9.17) is 14.2 Å². The number of aromatic carboxylic acids is 1. The van der Waals surface area contributed by atoms with Crippen LogP contribution in [0.2, 0.25) is 0 Å². The fourth-order valence-electron chi connectivity index (χ4n) is 4.12. The molecule has 1 aromatic rings. The molecule has 0 amide bonds. The third-order valence-electron chi connectivity index (χ3n) is 5.53. The molecule has 1 N–H and O–H groups in total. The first-order valence-corrected chi connectivity index (χ1v) is 9.42. The van der Waals surface area contributed by atoms with E-state index < -0.39 is 23.5 Å². The van der Waals surface area contributed by atoms with Gasteiger partial charge in [0.1, 0.15) is 12.2 Å². The second kappa shape index (κ2) is 8.04. The van der Waals surface area contributed by atoms with E-state index in [-0.39, 0.29) is 29.6 Å². The quantitative estimate of drug-likeness (QED) is 0.465. The average Bonchev–Trinajstić information content (AvgIpc) is 3.05. The molecule has 0 atom stereocenters. The lowest BCUT2D eigenvalue weighted by molar-refractivity contribution is -0.131. The predicted molar refractivity (Wildman–Crippen MR) is 99.8 cm³/mol. The third kappa shape index (κ3) is 3.37. The molecule has 0 radical (unpaired) electrons. The summed E-state index contributed by atoms with van der Waals surface area (Å²) in [7, 11) is 1.37. The molecule has 1 aromatic carbocycles. The van der Waals surface area contributed by atoms with Crippen LogP contribution >= 0.6 is 0 Å². The third-order valence-corrected chi connectivity index (χ3v) is 5.53. The number of carbonyl (C=O) groups excluding carboxylic acids is 2. The van der Waals surface area contributed by atoms with Crippen LogP contribution in [-0.4, -0.2) is 30.1 Å². The number of ether oxygens (including phenoxy) is 3. The van der Waals surface area contributed by atoms with Crippen molar-refractivity contribution in [2.45, 2.75) is 52.6 Å². The van der Waals surface area contributed by atoms with Gasteiger partial charge in [-0.25, -0.2) is 14.4 Å². The van der Waals surface area contributed by atoms with Gasteiger partial charge in [-0.3, -0.25) is 0 Å². The van der Waals surface area contributed by atoms with Crippen molar-refractivity contribution < 1.29 is 33.7 Å². The highest BCUT2D eigenvalue weighted by Gasteiger charge is 2.37. The van der Waals surface area contributed by atoms with Crippen LogP contribution in [-0.2, 0) is 16.1 Å². The topological polar surface area (TPSA) is 99.1 Å². The molecule has 1 fully saturated rings. The van der Waals surface area contributed by atoms with Crippen LogP contribution < -0.4 is 9.47 Å². The van der Waals surface area contributed by atoms with Crippen molar-refractivity contribution in [1.29, 1.82) is 0 Å². The van der Waals surface area contributed by atoms with E-state index >= 15 is 0 Å². The number of esters is 2. The SMILES string of the molecule is CC=C(C(=O)Oc1c(OC)c(C)c2c(c1C(=O)O)C(=O)OC2)C1CCCCC1. The summed E-state index contributed by atoms with van der Waals surface area (Å²) in [4.78, 5) is 37.0. The number of allylic oxidation sites excluding steroid dienone is 1. The predicted octanol–water partition coefficient (Wildman–Crippen LogP) is 3.80. The molecule has 7 heteroatoms. The zero-order valence-corrected chi connectivity index (χ0v) is 16.3. The van der Waals surface area contributed by atoms with Crippen molar-refractivity contribution in [3.63, 3.8) is 0 Å². The van der Waals surface area contributed by atoms with Gasteiger partial charge in [0.25, 0.3) is 0 Å². The van der Waals surface area contributed by atoms with Gasteiger partial charge in [-0.2, -0.15) is 0 Å². The van der Waals surface area contributed by atoms with Gasteiger partial charge < -0.3 is 19.3 Å². The van der Waals surface area contributed by atoms with Crippen LogP contribution in [0.25, 0.3) is 0 Å². The molecule has 2 aliphatic rings. The Bertz CT molecular complexity index is 860. The molecule has 0 saturated heterocycles. The molecule has 3 rings (SSSR count). The Labute approximate surface area is 163 Å². The average molecular weight is 388 g/mol. The highest BCUT2D eigenvalue weighted by molar-refractivity contribution is 6.08. The monoisotopic (exact) mass is 388 g/mol. The summed E-state index contributed by atoms with van der Waals surface area (Å²) in [5.74, 6) is -2.76. The van der Waals surface area contributed by atoms with Crippen molar-refractivity contribution in [3.05, 3.63) is 33.9 Å². The highest BCUT2D eigenvalue weighted by atomic mass is 16.6. The summed E-state index contributed by atoms with van der Waals surface area (Å²) in [5.41, 5.74) is 1.02. The molecule has 1 heterocycles. The first-order chi connectivity index (χ1) is 13.4. The lowest BCUT2D eigenvalue weighted by atomic mass is 9.83. The fourth-order valence-corrected chi connectivity index (χ4v) is 4.12. The number of benzene rings is 1. The molecule has 1 saturated carbocycles. The largest absolute Gasteiger partial charge is 0.493 e. The second-order valence-electron chi connectivity index (χ2n) is 7.07. The van der Waals surface area contributed by atoms with E-state index in [1.54, 1.807) is 19.9 Å². The Hall–Kier alpha value is -2.83. The van der Waals surface area contributed by atoms with Crippen LogP contribution in [0.4, 0.5) is 0 Å². The molecule has 1 aliphatic carbocycles. The number of cyclic esters (lactones) is 1. The molecule has 0 spiro atoms. The molecule has 1 aliphatic heterocycles. The molecule has 150 valence electrons. The summed E-state index contributed by atoms with van der Waals surface area (Å²) in [6.45, 7) is 3.42. The lowest BCUT2D eigenvalue weighted by Gasteiger charge is -2.24. The van der Waals surface area contributed by atoms with Crippen LogP contribution in [0.1, 0.15) is 70.9 Å². The van der Waals surface area contributed by atoms with Gasteiger partial charge in [0.15, 0.2) is 11.5 Å². The number of hydrogen-bond acceptors (Lipinski definition) is 6. The second-order valence-corrected chi connectivity index (χ2v) is 7.07. The minimum Gasteiger partial charge on any atom is -0.493 e. The lowest BCUT2D eigenvalue weighted by Crippen LogP contribution is -2.22. The van der Waals surface area contributed by atoms with Crippen molar-refractivity contribution in [2.75, 3.05) is 7.11 Å². The standard InChI is InChI=1S/C21H24O7/c1-4-13(12-8-6-5-7-9-12)20(24)28-18-16(19(22)23)15-14(10-27-21(15)25)11(2)17(18)26-3/h4,12H,5-10H2,1-3H3,(H,22,23). The van der Waals surface area contributed by atoms with Crippen LogP contribution in [0.5, 0.6) is 11.5 Å². The molecule has 7 nitrogen and oxygen atoms in total. The van der Waals surface area contributed by atoms with Gasteiger partial charge in [-0.05, 0) is 32.6 Å². The Balaban J connectivity index is 2.07. The Kier molecular flexibility index (Phi) is 5.72. The summed E-state index contributed by atoms with van der Waals surface area (Å²) >= 11 is 0. The Morgan fingerprint density at radius 2 is 1.86 bits per heavy atom. The van der Waals surface area contributed by atoms with Crippen LogP contribution in [0.3, 0.4) is 0 Å². The highest BCUT2D eigenvalue weighted by Crippen LogP contribution is 2.43. The summed E-state index contributed by atoms with van der Waals surface area (Å²) in [6, 6.07) is 0. The summed E-state index contributed by atoms with van der Waals surface area (Å²) in [6.07, 6.45) is 6.75. The molecule has 28 heavy (non-hydrogen) atoms. The van der Waals surface area contributed by atoms with Gasteiger partial charge >= 0.3 is 17.9 Å². The molecule has 0 unspecified atom stereocenters. The number of methoxy groups -OCH3 is 1. The fraction of sp³-hybridized carbons (Fsp3) is 0.476. The van der Waals surface area contributed by atoms with Crippen LogP contribution in [0.15, 0.2) is 11.6 Å². The van der Waals surface area contributed by atoms with Crippen LogP contribution in [0, 0.1) is 12.8 Å². The zero-order valence-electron chi connectivity index (χ0n) is 16.3. The molecule has 0 bridgehead atoms. The maximum atomic E-state index is 12.9. The van der Waals surface area contributed by atoms with E-state index in [2.05, 4.69) is 0 Å². The van der Waals surface area contributed by atoms with Crippen molar-refractivity contribution in [3.8, 4) is 11.5 Å². The Morgan fingerprint density at radius 3 is 2.43 bits per heavy atom. The van der Waals surface area contributed by atoms with Gasteiger partial charge in [-0.15, -0.1) is 0 Å². The smallest absolute Gasteiger partial charge is 0.340 e. The molecular weight excluding hydrogens is 364 g/mol. The maximum absolute atomic E-state index is 12.9. The van der Waals surface area contributed by atoms with Crippen molar-refractivity contribution in [1.82, 2.24) is 0 Å². The Morgan fingerprint density at radius 1 is 1.18 bits per heavy atom. The number of carbonyl (C=O) groups is 3. The number of hydrogen-bond donors (Lipinski definition) is 1. The summed E-state index contributed by atoms with van der Waals surface area (Å²) in [5, 5.41) is 9.75. The van der Waals surface area contributed by atoms with E-state index in [0.29, 0.717) is 16.7 Å². The number of carboxylic acids is 1. The molecular formula is C21H24O7. The first-order valence-electron chi connectivity index (χ1n) is 9.42. The normalized spacial score (nSPS) is 17.1. The zero-order chi connectivity index (χ0) is 20.4. The summed E-state index contributed by atoms with van der Waals surface area (Å²) < 4.78 is 15.9.